The van der Waals surface area contributed by atoms with E-state index in [0.29, 0.717) is 31.7 Å². The first kappa shape index (κ1) is 18.8. The predicted octanol–water partition coefficient (Wildman–Crippen LogP) is 3.41. The van der Waals surface area contributed by atoms with E-state index in [9.17, 15) is 4.79 Å². The van der Waals surface area contributed by atoms with Crippen LogP contribution in [0.1, 0.15) is 35.5 Å². The zero-order valence-electron chi connectivity index (χ0n) is 16.0. The van der Waals surface area contributed by atoms with E-state index in [1.807, 2.05) is 55.8 Å². The summed E-state index contributed by atoms with van der Waals surface area (Å²) in [5.41, 5.74) is 3.39. The van der Waals surface area contributed by atoms with Gasteiger partial charge in [-0.15, -0.1) is 0 Å². The fourth-order valence-electron chi connectivity index (χ4n) is 2.92. The quantitative estimate of drug-likeness (QED) is 0.663. The van der Waals surface area contributed by atoms with Gasteiger partial charge in [-0.05, 0) is 57.0 Å². The Labute approximate surface area is 159 Å². The molecule has 0 fully saturated rings. The fourth-order valence-corrected chi connectivity index (χ4v) is 2.92. The number of carbonyl (C=O) groups is 1. The molecule has 2 heterocycles. The van der Waals surface area contributed by atoms with E-state index < -0.39 is 0 Å². The molecule has 6 nitrogen and oxygen atoms in total. The van der Waals surface area contributed by atoms with Crippen LogP contribution in [0.15, 0.2) is 42.7 Å². The van der Waals surface area contributed by atoms with E-state index in [1.165, 1.54) is 0 Å². The summed E-state index contributed by atoms with van der Waals surface area (Å²) in [6, 6.07) is 9.49. The number of rotatable bonds is 8. The number of aromatic nitrogens is 2. The highest BCUT2D eigenvalue weighted by Gasteiger charge is 2.09. The molecule has 142 valence electrons. The average molecular weight is 367 g/mol. The van der Waals surface area contributed by atoms with Gasteiger partial charge in [-0.2, -0.15) is 0 Å². The van der Waals surface area contributed by atoms with Crippen molar-refractivity contribution >= 4 is 11.6 Å². The number of amides is 1. The highest BCUT2D eigenvalue weighted by Crippen LogP contribution is 2.28. The van der Waals surface area contributed by atoms with Gasteiger partial charge in [0.1, 0.15) is 5.65 Å². The van der Waals surface area contributed by atoms with Crippen molar-refractivity contribution in [1.82, 2.24) is 14.7 Å². The van der Waals surface area contributed by atoms with Crippen LogP contribution in [0.25, 0.3) is 5.65 Å². The van der Waals surface area contributed by atoms with Crippen molar-refractivity contribution < 1.29 is 14.3 Å². The minimum Gasteiger partial charge on any atom is -0.490 e. The van der Waals surface area contributed by atoms with Gasteiger partial charge in [0.15, 0.2) is 11.5 Å². The van der Waals surface area contributed by atoms with Crippen LogP contribution in [0.5, 0.6) is 11.5 Å². The van der Waals surface area contributed by atoms with Gasteiger partial charge in [0.05, 0.1) is 18.9 Å². The minimum atomic E-state index is -0.103. The minimum absolute atomic E-state index is 0.103. The van der Waals surface area contributed by atoms with E-state index >= 15 is 0 Å². The molecular weight excluding hydrogens is 342 g/mol. The number of hydrogen-bond acceptors (Lipinski definition) is 4. The molecule has 0 atom stereocenters. The summed E-state index contributed by atoms with van der Waals surface area (Å²) >= 11 is 0. The molecule has 0 bridgehead atoms. The molecule has 3 aromatic rings. The molecule has 0 radical (unpaired) electrons. The summed E-state index contributed by atoms with van der Waals surface area (Å²) < 4.78 is 13.1. The Bertz CT molecular complexity index is 934. The lowest BCUT2D eigenvalue weighted by Gasteiger charge is -2.12. The SMILES string of the molecule is CCOc1ccc(CCNC(=O)c2ccn3cc(C)nc3c2)cc1OCC. The second kappa shape index (κ2) is 8.58. The van der Waals surface area contributed by atoms with Crippen LogP contribution in [0.4, 0.5) is 0 Å². The molecule has 0 aliphatic heterocycles. The molecule has 0 saturated carbocycles. The number of imidazole rings is 1. The number of ether oxygens (including phenoxy) is 2. The summed E-state index contributed by atoms with van der Waals surface area (Å²) in [5, 5.41) is 2.96. The Morgan fingerprint density at radius 2 is 1.89 bits per heavy atom. The van der Waals surface area contributed by atoms with Gasteiger partial charge in [0, 0.05) is 24.5 Å². The summed E-state index contributed by atoms with van der Waals surface area (Å²) in [6.45, 7) is 7.53. The Balaban J connectivity index is 1.61. The lowest BCUT2D eigenvalue weighted by Crippen LogP contribution is -2.25. The van der Waals surface area contributed by atoms with Crippen molar-refractivity contribution in [3.05, 3.63) is 59.5 Å². The first-order chi connectivity index (χ1) is 13.1. The first-order valence-corrected chi connectivity index (χ1v) is 9.22. The van der Waals surface area contributed by atoms with Crippen LogP contribution in [0, 0.1) is 6.92 Å². The summed E-state index contributed by atoms with van der Waals surface area (Å²) in [6.07, 6.45) is 4.49. The molecule has 0 saturated heterocycles. The number of aryl methyl sites for hydroxylation is 1. The standard InChI is InChI=1S/C21H25N3O3/c1-4-26-18-7-6-16(12-19(18)27-5-2)8-10-22-21(25)17-9-11-24-14-15(3)23-20(24)13-17/h6-7,9,11-14H,4-5,8,10H2,1-3H3,(H,22,25). The van der Waals surface area contributed by atoms with Crippen molar-refractivity contribution in [1.29, 1.82) is 0 Å². The third kappa shape index (κ3) is 4.58. The molecular formula is C21H25N3O3. The van der Waals surface area contributed by atoms with Gasteiger partial charge in [0.2, 0.25) is 0 Å². The lowest BCUT2D eigenvalue weighted by atomic mass is 10.1. The Kier molecular flexibility index (Phi) is 5.96. The van der Waals surface area contributed by atoms with Crippen molar-refractivity contribution in [3.8, 4) is 11.5 Å². The molecule has 0 unspecified atom stereocenters. The molecule has 1 N–H and O–H groups in total. The zero-order chi connectivity index (χ0) is 19.2. The zero-order valence-corrected chi connectivity index (χ0v) is 16.0. The van der Waals surface area contributed by atoms with Crippen LogP contribution >= 0.6 is 0 Å². The Morgan fingerprint density at radius 3 is 2.67 bits per heavy atom. The number of nitrogens with one attached hydrogen (secondary N) is 1. The predicted molar refractivity (Wildman–Crippen MR) is 105 cm³/mol. The Morgan fingerprint density at radius 1 is 1.11 bits per heavy atom. The van der Waals surface area contributed by atoms with E-state index in [-0.39, 0.29) is 5.91 Å². The van der Waals surface area contributed by atoms with Gasteiger partial charge >= 0.3 is 0 Å². The number of carbonyl (C=O) groups excluding carboxylic acids is 1. The van der Waals surface area contributed by atoms with E-state index in [0.717, 1.165) is 28.4 Å². The topological polar surface area (TPSA) is 64.9 Å². The smallest absolute Gasteiger partial charge is 0.251 e. The largest absolute Gasteiger partial charge is 0.490 e. The molecule has 0 aliphatic rings. The number of benzene rings is 1. The maximum atomic E-state index is 12.4. The van der Waals surface area contributed by atoms with Crippen LogP contribution < -0.4 is 14.8 Å². The summed E-state index contributed by atoms with van der Waals surface area (Å²) in [7, 11) is 0. The molecule has 2 aromatic heterocycles. The van der Waals surface area contributed by atoms with Crippen molar-refractivity contribution in [2.45, 2.75) is 27.2 Å². The number of hydrogen-bond donors (Lipinski definition) is 1. The molecule has 1 amide bonds. The molecule has 1 aromatic carbocycles. The molecule has 27 heavy (non-hydrogen) atoms. The maximum Gasteiger partial charge on any atom is 0.251 e. The highest BCUT2D eigenvalue weighted by molar-refractivity contribution is 5.95. The highest BCUT2D eigenvalue weighted by atomic mass is 16.5. The van der Waals surface area contributed by atoms with Gasteiger partial charge in [-0.25, -0.2) is 4.98 Å². The van der Waals surface area contributed by atoms with Crippen LogP contribution in [-0.4, -0.2) is 35.1 Å². The van der Waals surface area contributed by atoms with E-state index in [4.69, 9.17) is 9.47 Å². The first-order valence-electron chi connectivity index (χ1n) is 9.22. The number of fused-ring (bicyclic) bond motifs is 1. The Hall–Kier alpha value is -3.02. The number of nitrogens with zero attached hydrogens (tertiary/aromatic N) is 2. The molecule has 3 rings (SSSR count). The lowest BCUT2D eigenvalue weighted by molar-refractivity contribution is 0.0954. The third-order valence-electron chi connectivity index (χ3n) is 4.15. The van der Waals surface area contributed by atoms with Crippen molar-refractivity contribution in [2.75, 3.05) is 19.8 Å². The van der Waals surface area contributed by atoms with Crippen LogP contribution in [0.2, 0.25) is 0 Å². The van der Waals surface area contributed by atoms with Crippen molar-refractivity contribution in [3.63, 3.8) is 0 Å². The molecule has 0 spiro atoms. The molecule has 0 aliphatic carbocycles. The van der Waals surface area contributed by atoms with Crippen molar-refractivity contribution in [2.24, 2.45) is 0 Å². The van der Waals surface area contributed by atoms with E-state index in [1.54, 1.807) is 12.1 Å². The van der Waals surface area contributed by atoms with Gasteiger partial charge in [0.25, 0.3) is 5.91 Å². The fraction of sp³-hybridized carbons (Fsp3) is 0.333. The summed E-state index contributed by atoms with van der Waals surface area (Å²) in [5.74, 6) is 1.38. The van der Waals surface area contributed by atoms with Crippen LogP contribution in [0.3, 0.4) is 0 Å². The van der Waals surface area contributed by atoms with Gasteiger partial charge in [-0.3, -0.25) is 4.79 Å². The normalized spacial score (nSPS) is 10.8. The van der Waals surface area contributed by atoms with Gasteiger partial charge < -0.3 is 19.2 Å². The third-order valence-corrected chi connectivity index (χ3v) is 4.15. The second-order valence-electron chi connectivity index (χ2n) is 6.22. The average Bonchev–Trinajstić information content (AvgIpc) is 3.03. The second-order valence-corrected chi connectivity index (χ2v) is 6.22. The van der Waals surface area contributed by atoms with Crippen LogP contribution in [-0.2, 0) is 6.42 Å². The van der Waals surface area contributed by atoms with Gasteiger partial charge in [-0.1, -0.05) is 6.07 Å². The number of pyridine rings is 1. The monoisotopic (exact) mass is 367 g/mol. The summed E-state index contributed by atoms with van der Waals surface area (Å²) in [4.78, 5) is 16.8. The molecule has 6 heteroatoms. The maximum absolute atomic E-state index is 12.4. The van der Waals surface area contributed by atoms with E-state index in [2.05, 4.69) is 10.3 Å².